The van der Waals surface area contributed by atoms with Crippen LogP contribution in [-0.4, -0.2) is 30.8 Å². The van der Waals surface area contributed by atoms with Gasteiger partial charge in [-0.25, -0.2) is 9.59 Å². The number of carboxylic acids is 1. The number of carbonyl (C=O) groups excluding carboxylic acids is 1. The molecule has 7 heteroatoms. The van der Waals surface area contributed by atoms with E-state index in [0.29, 0.717) is 17.7 Å². The van der Waals surface area contributed by atoms with Gasteiger partial charge in [0.2, 0.25) is 0 Å². The van der Waals surface area contributed by atoms with Crippen LogP contribution in [0.15, 0.2) is 24.3 Å². The van der Waals surface area contributed by atoms with Crippen LogP contribution in [0.4, 0.5) is 5.00 Å². The van der Waals surface area contributed by atoms with Crippen molar-refractivity contribution in [3.05, 3.63) is 45.8 Å². The highest BCUT2D eigenvalue weighted by Crippen LogP contribution is 2.33. The largest absolute Gasteiger partial charge is 0.497 e. The first-order valence-corrected chi connectivity index (χ1v) is 8.24. The minimum absolute atomic E-state index is 0.0698. The van der Waals surface area contributed by atoms with Crippen molar-refractivity contribution >= 4 is 28.3 Å². The first-order chi connectivity index (χ1) is 11.5. The number of hydrogen-bond donors (Lipinski definition) is 2. The number of ether oxygens (including phenoxy) is 2. The summed E-state index contributed by atoms with van der Waals surface area (Å²) in [6.07, 6.45) is 1.15. The standard InChI is InChI=1S/C17H19NO5S/c1-3-23-17(21)13-12(24-15(18)14(13)16(19)20)9-6-10-4-7-11(22-2)8-5-10/h4-5,7-8H,3,6,9,18H2,1-2H3,(H,19,20). The Balaban J connectivity index is 2.26. The van der Waals surface area contributed by atoms with E-state index in [0.717, 1.165) is 22.6 Å². The number of aromatic carboxylic acids is 1. The van der Waals surface area contributed by atoms with E-state index < -0.39 is 11.9 Å². The van der Waals surface area contributed by atoms with Crippen LogP contribution in [0.25, 0.3) is 0 Å². The van der Waals surface area contributed by atoms with Gasteiger partial charge in [-0.2, -0.15) is 0 Å². The second kappa shape index (κ2) is 7.83. The van der Waals surface area contributed by atoms with Crippen molar-refractivity contribution < 1.29 is 24.2 Å². The molecule has 0 aliphatic carbocycles. The molecule has 24 heavy (non-hydrogen) atoms. The summed E-state index contributed by atoms with van der Waals surface area (Å²) in [5.74, 6) is -1.10. The molecular weight excluding hydrogens is 330 g/mol. The quantitative estimate of drug-likeness (QED) is 0.746. The summed E-state index contributed by atoms with van der Waals surface area (Å²) in [5, 5.41) is 9.45. The van der Waals surface area contributed by atoms with Gasteiger partial charge in [0.25, 0.3) is 0 Å². The Morgan fingerprint density at radius 2 is 1.83 bits per heavy atom. The SMILES string of the molecule is CCOC(=O)c1c(CCc2ccc(OC)cc2)sc(N)c1C(=O)O. The number of anilines is 1. The normalized spacial score (nSPS) is 10.4. The summed E-state index contributed by atoms with van der Waals surface area (Å²) in [7, 11) is 1.60. The molecular formula is C17H19NO5S. The van der Waals surface area contributed by atoms with Gasteiger partial charge >= 0.3 is 11.9 Å². The highest BCUT2D eigenvalue weighted by molar-refractivity contribution is 7.16. The molecule has 3 N–H and O–H groups in total. The smallest absolute Gasteiger partial charge is 0.340 e. The number of benzene rings is 1. The van der Waals surface area contributed by atoms with Gasteiger partial charge in [-0.05, 0) is 37.5 Å². The van der Waals surface area contributed by atoms with Gasteiger partial charge in [-0.1, -0.05) is 12.1 Å². The molecule has 0 saturated carbocycles. The fraction of sp³-hybridized carbons (Fsp3) is 0.294. The lowest BCUT2D eigenvalue weighted by Crippen LogP contribution is -2.12. The van der Waals surface area contributed by atoms with Crippen LogP contribution >= 0.6 is 11.3 Å². The predicted molar refractivity (Wildman–Crippen MR) is 92.0 cm³/mol. The Morgan fingerprint density at radius 3 is 2.38 bits per heavy atom. The first kappa shape index (κ1) is 17.8. The fourth-order valence-corrected chi connectivity index (χ4v) is 3.40. The van der Waals surface area contributed by atoms with Crippen molar-refractivity contribution in [2.24, 2.45) is 0 Å². The monoisotopic (exact) mass is 349 g/mol. The molecule has 0 unspecified atom stereocenters. The average Bonchev–Trinajstić information content (AvgIpc) is 2.90. The number of nitrogen functional groups attached to an aromatic ring is 1. The number of esters is 1. The third-order valence-corrected chi connectivity index (χ3v) is 4.58. The number of methoxy groups -OCH3 is 1. The predicted octanol–water partition coefficient (Wildman–Crippen LogP) is 3.00. The lowest BCUT2D eigenvalue weighted by Gasteiger charge is -2.06. The Labute approximate surface area is 143 Å². The summed E-state index contributed by atoms with van der Waals surface area (Å²) in [4.78, 5) is 24.2. The average molecular weight is 349 g/mol. The van der Waals surface area contributed by atoms with Crippen molar-refractivity contribution in [2.45, 2.75) is 19.8 Å². The van der Waals surface area contributed by atoms with Crippen LogP contribution in [-0.2, 0) is 17.6 Å². The maximum Gasteiger partial charge on any atom is 0.340 e. The van der Waals surface area contributed by atoms with E-state index in [1.165, 1.54) is 0 Å². The van der Waals surface area contributed by atoms with E-state index in [4.69, 9.17) is 15.2 Å². The van der Waals surface area contributed by atoms with Crippen molar-refractivity contribution in [2.75, 3.05) is 19.5 Å². The molecule has 1 aromatic carbocycles. The molecule has 0 aliphatic rings. The van der Waals surface area contributed by atoms with Gasteiger partial charge in [0.1, 0.15) is 16.3 Å². The molecule has 0 saturated heterocycles. The fourth-order valence-electron chi connectivity index (χ4n) is 2.35. The molecule has 6 nitrogen and oxygen atoms in total. The molecule has 1 heterocycles. The Hall–Kier alpha value is -2.54. The van der Waals surface area contributed by atoms with Gasteiger partial charge in [0, 0.05) is 4.88 Å². The second-order valence-corrected chi connectivity index (χ2v) is 6.15. The van der Waals surface area contributed by atoms with Crippen LogP contribution in [0, 0.1) is 0 Å². The van der Waals surface area contributed by atoms with Gasteiger partial charge in [0.05, 0.1) is 19.3 Å². The van der Waals surface area contributed by atoms with Crippen LogP contribution in [0.3, 0.4) is 0 Å². The zero-order valence-corrected chi connectivity index (χ0v) is 14.3. The molecule has 0 fully saturated rings. The van der Waals surface area contributed by atoms with Gasteiger partial charge in [-0.3, -0.25) is 0 Å². The van der Waals surface area contributed by atoms with E-state index >= 15 is 0 Å². The Morgan fingerprint density at radius 1 is 1.17 bits per heavy atom. The summed E-state index contributed by atoms with van der Waals surface area (Å²) in [5.41, 5.74) is 6.75. The van der Waals surface area contributed by atoms with Crippen molar-refractivity contribution in [1.82, 2.24) is 0 Å². The summed E-state index contributed by atoms with van der Waals surface area (Å²) in [6, 6.07) is 7.57. The molecule has 0 radical (unpaired) electrons. The number of aryl methyl sites for hydroxylation is 2. The van der Waals surface area contributed by atoms with Crippen LogP contribution < -0.4 is 10.5 Å². The second-order valence-electron chi connectivity index (χ2n) is 5.01. The maximum absolute atomic E-state index is 12.1. The number of rotatable bonds is 7. The number of carbonyl (C=O) groups is 2. The minimum atomic E-state index is -1.22. The summed E-state index contributed by atoms with van der Waals surface area (Å²) in [6.45, 7) is 1.84. The van der Waals surface area contributed by atoms with Gasteiger partial charge < -0.3 is 20.3 Å². The molecule has 0 atom stereocenters. The maximum atomic E-state index is 12.1. The minimum Gasteiger partial charge on any atom is -0.497 e. The molecule has 0 aliphatic heterocycles. The summed E-state index contributed by atoms with van der Waals surface area (Å²) >= 11 is 1.12. The molecule has 0 amide bonds. The number of thiophene rings is 1. The van der Waals surface area contributed by atoms with E-state index in [1.807, 2.05) is 24.3 Å². The van der Waals surface area contributed by atoms with E-state index in [-0.39, 0.29) is 22.7 Å². The Kier molecular flexibility index (Phi) is 5.81. The van der Waals surface area contributed by atoms with Crippen LogP contribution in [0.1, 0.15) is 38.1 Å². The van der Waals surface area contributed by atoms with Gasteiger partial charge in [-0.15, -0.1) is 11.3 Å². The van der Waals surface area contributed by atoms with Crippen molar-refractivity contribution in [3.63, 3.8) is 0 Å². The lowest BCUT2D eigenvalue weighted by atomic mass is 10.0. The topological polar surface area (TPSA) is 98.9 Å². The number of hydrogen-bond acceptors (Lipinski definition) is 6. The van der Waals surface area contributed by atoms with E-state index in [2.05, 4.69) is 0 Å². The Bertz CT molecular complexity index is 736. The van der Waals surface area contributed by atoms with Crippen molar-refractivity contribution in [1.29, 1.82) is 0 Å². The molecule has 2 rings (SSSR count). The summed E-state index contributed by atoms with van der Waals surface area (Å²) < 4.78 is 10.1. The van der Waals surface area contributed by atoms with Gasteiger partial charge in [0.15, 0.2) is 0 Å². The number of carboxylic acid groups (broad SMARTS) is 1. The highest BCUT2D eigenvalue weighted by Gasteiger charge is 2.27. The lowest BCUT2D eigenvalue weighted by molar-refractivity contribution is 0.0514. The molecule has 2 aromatic rings. The van der Waals surface area contributed by atoms with E-state index in [9.17, 15) is 14.7 Å². The zero-order valence-electron chi connectivity index (χ0n) is 13.5. The number of nitrogens with two attached hydrogens (primary N) is 1. The molecule has 128 valence electrons. The molecule has 0 bridgehead atoms. The van der Waals surface area contributed by atoms with E-state index in [1.54, 1.807) is 14.0 Å². The van der Waals surface area contributed by atoms with Crippen LogP contribution in [0.2, 0.25) is 0 Å². The van der Waals surface area contributed by atoms with Crippen LogP contribution in [0.5, 0.6) is 5.75 Å². The third kappa shape index (κ3) is 3.86. The first-order valence-electron chi connectivity index (χ1n) is 7.42. The molecule has 0 spiro atoms. The molecule has 1 aromatic heterocycles. The third-order valence-electron chi connectivity index (χ3n) is 3.50. The zero-order chi connectivity index (χ0) is 17.7. The van der Waals surface area contributed by atoms with Crippen molar-refractivity contribution in [3.8, 4) is 5.75 Å². The highest BCUT2D eigenvalue weighted by atomic mass is 32.1.